The Balaban J connectivity index is 1.53. The molecule has 1 aromatic carbocycles. The van der Waals surface area contributed by atoms with Crippen LogP contribution in [0.2, 0.25) is 0 Å². The van der Waals surface area contributed by atoms with E-state index in [0.717, 1.165) is 32.2 Å². The summed E-state index contributed by atoms with van der Waals surface area (Å²) in [7, 11) is 0. The molecule has 1 aromatic rings. The Labute approximate surface area is 147 Å². The predicted molar refractivity (Wildman–Crippen MR) is 94.0 cm³/mol. The summed E-state index contributed by atoms with van der Waals surface area (Å²) in [6.07, 6.45) is 6.68. The van der Waals surface area contributed by atoms with Crippen LogP contribution in [0.3, 0.4) is 0 Å². The van der Waals surface area contributed by atoms with Crippen molar-refractivity contribution in [3.05, 3.63) is 41.7 Å². The topological polar surface area (TPSA) is 66.6 Å². The summed E-state index contributed by atoms with van der Waals surface area (Å²) in [6, 6.07) is 6.32. The molecule has 2 aliphatic heterocycles. The average molecular weight is 345 g/mol. The van der Waals surface area contributed by atoms with Crippen molar-refractivity contribution in [3.8, 4) is 0 Å². The van der Waals surface area contributed by atoms with E-state index >= 15 is 0 Å². The maximum absolute atomic E-state index is 13.2. The summed E-state index contributed by atoms with van der Waals surface area (Å²) < 4.78 is 13.2. The van der Waals surface area contributed by atoms with E-state index in [1.807, 2.05) is 4.90 Å². The molecule has 0 radical (unpaired) electrons. The summed E-state index contributed by atoms with van der Waals surface area (Å²) in [5.41, 5.74) is 6.17. The highest BCUT2D eigenvalue weighted by molar-refractivity contribution is 5.91. The largest absolute Gasteiger partial charge is 0.368 e. The lowest BCUT2D eigenvalue weighted by Gasteiger charge is -2.38. The number of carbonyl (C=O) groups is 2. The van der Waals surface area contributed by atoms with Crippen molar-refractivity contribution in [2.24, 2.45) is 5.73 Å². The first kappa shape index (κ1) is 17.6. The molecule has 5 nitrogen and oxygen atoms in total. The van der Waals surface area contributed by atoms with Crippen molar-refractivity contribution in [2.75, 3.05) is 19.6 Å². The van der Waals surface area contributed by atoms with Crippen LogP contribution in [0.4, 0.5) is 4.39 Å². The number of rotatable bonds is 4. The summed E-state index contributed by atoms with van der Waals surface area (Å²) in [6.45, 7) is 2.24. The molecule has 0 aliphatic carbocycles. The van der Waals surface area contributed by atoms with Crippen LogP contribution >= 0.6 is 0 Å². The molecule has 2 saturated heterocycles. The van der Waals surface area contributed by atoms with E-state index in [-0.39, 0.29) is 23.7 Å². The normalized spacial score (nSPS) is 22.6. The molecule has 0 spiro atoms. The molecule has 2 aliphatic rings. The number of piperidine rings is 1. The monoisotopic (exact) mass is 345 g/mol. The fourth-order valence-electron chi connectivity index (χ4n) is 3.83. The van der Waals surface area contributed by atoms with Crippen molar-refractivity contribution in [1.29, 1.82) is 0 Å². The number of primary amides is 1. The second-order valence-corrected chi connectivity index (χ2v) is 6.74. The van der Waals surface area contributed by atoms with E-state index in [2.05, 4.69) is 4.90 Å². The average Bonchev–Trinajstić information content (AvgIpc) is 3.10. The Morgan fingerprint density at radius 1 is 1.16 bits per heavy atom. The molecular formula is C19H24FN3O2. The molecule has 2 amide bonds. The zero-order valence-corrected chi connectivity index (χ0v) is 14.2. The Bertz CT molecular complexity index is 668. The van der Waals surface area contributed by atoms with Gasteiger partial charge in [-0.15, -0.1) is 0 Å². The van der Waals surface area contributed by atoms with Crippen molar-refractivity contribution >= 4 is 17.9 Å². The number of likely N-dealkylation sites (tertiary alicyclic amines) is 2. The van der Waals surface area contributed by atoms with Crippen LogP contribution in [0.25, 0.3) is 6.08 Å². The fraction of sp³-hybridized carbons (Fsp3) is 0.474. The Kier molecular flexibility index (Phi) is 5.48. The van der Waals surface area contributed by atoms with E-state index in [9.17, 15) is 14.0 Å². The minimum absolute atomic E-state index is 0.0596. The molecule has 2 fully saturated rings. The molecular weight excluding hydrogens is 321 g/mol. The van der Waals surface area contributed by atoms with Gasteiger partial charge in [0.05, 0.1) is 6.04 Å². The first-order chi connectivity index (χ1) is 12.0. The van der Waals surface area contributed by atoms with Gasteiger partial charge in [0.15, 0.2) is 0 Å². The fourth-order valence-corrected chi connectivity index (χ4v) is 3.83. The maximum Gasteiger partial charge on any atom is 0.246 e. The van der Waals surface area contributed by atoms with Gasteiger partial charge in [-0.2, -0.15) is 0 Å². The van der Waals surface area contributed by atoms with Gasteiger partial charge in [0.2, 0.25) is 11.8 Å². The molecule has 25 heavy (non-hydrogen) atoms. The van der Waals surface area contributed by atoms with Gasteiger partial charge in [0, 0.05) is 25.2 Å². The number of nitrogens with two attached hydrogens (primary N) is 1. The van der Waals surface area contributed by atoms with Gasteiger partial charge in [-0.05, 0) is 56.0 Å². The molecule has 2 N–H and O–H groups in total. The van der Waals surface area contributed by atoms with Gasteiger partial charge in [0.25, 0.3) is 0 Å². The minimum atomic E-state index is -0.315. The number of nitrogens with zero attached hydrogens (tertiary/aromatic N) is 2. The zero-order valence-electron chi connectivity index (χ0n) is 14.2. The van der Waals surface area contributed by atoms with Crippen LogP contribution in [-0.4, -0.2) is 53.3 Å². The molecule has 6 heteroatoms. The van der Waals surface area contributed by atoms with Crippen LogP contribution in [0.15, 0.2) is 30.3 Å². The highest BCUT2D eigenvalue weighted by atomic mass is 19.1. The number of carbonyl (C=O) groups excluding carboxylic acids is 2. The van der Waals surface area contributed by atoms with Gasteiger partial charge in [-0.25, -0.2) is 4.39 Å². The summed E-state index contributed by atoms with van der Waals surface area (Å²) in [5.74, 6) is -0.616. The summed E-state index contributed by atoms with van der Waals surface area (Å²) in [4.78, 5) is 27.9. The minimum Gasteiger partial charge on any atom is -0.368 e. The Morgan fingerprint density at radius 2 is 1.92 bits per heavy atom. The van der Waals surface area contributed by atoms with Gasteiger partial charge < -0.3 is 10.6 Å². The Hall–Kier alpha value is -2.21. The van der Waals surface area contributed by atoms with E-state index in [0.29, 0.717) is 24.7 Å². The SMILES string of the molecule is NC(=O)C1CCCN1C1CCN(C(=O)/C=C/c2cccc(F)c2)CC1. The van der Waals surface area contributed by atoms with E-state index < -0.39 is 0 Å². The summed E-state index contributed by atoms with van der Waals surface area (Å²) in [5, 5.41) is 0. The molecule has 134 valence electrons. The van der Waals surface area contributed by atoms with Crippen LogP contribution in [-0.2, 0) is 9.59 Å². The molecule has 0 bridgehead atoms. The molecule has 1 unspecified atom stereocenters. The quantitative estimate of drug-likeness (QED) is 0.846. The van der Waals surface area contributed by atoms with E-state index in [1.165, 1.54) is 18.2 Å². The first-order valence-electron chi connectivity index (χ1n) is 8.82. The van der Waals surface area contributed by atoms with Crippen LogP contribution < -0.4 is 5.73 Å². The third kappa shape index (κ3) is 4.25. The van der Waals surface area contributed by atoms with Crippen LogP contribution in [0.5, 0.6) is 0 Å². The second-order valence-electron chi connectivity index (χ2n) is 6.74. The smallest absolute Gasteiger partial charge is 0.246 e. The number of benzene rings is 1. The Morgan fingerprint density at radius 3 is 2.60 bits per heavy atom. The third-order valence-electron chi connectivity index (χ3n) is 5.13. The molecule has 2 heterocycles. The predicted octanol–water partition coefficient (Wildman–Crippen LogP) is 1.78. The van der Waals surface area contributed by atoms with Crippen LogP contribution in [0, 0.1) is 5.82 Å². The highest BCUT2D eigenvalue weighted by Crippen LogP contribution is 2.26. The van der Waals surface area contributed by atoms with Gasteiger partial charge in [-0.3, -0.25) is 14.5 Å². The second kappa shape index (κ2) is 7.78. The number of hydrogen-bond acceptors (Lipinski definition) is 3. The van der Waals surface area contributed by atoms with Gasteiger partial charge >= 0.3 is 0 Å². The third-order valence-corrected chi connectivity index (χ3v) is 5.13. The number of amides is 2. The summed E-state index contributed by atoms with van der Waals surface area (Å²) >= 11 is 0. The van der Waals surface area contributed by atoms with Crippen molar-refractivity contribution in [3.63, 3.8) is 0 Å². The molecule has 0 aromatic heterocycles. The molecule has 3 rings (SSSR count). The maximum atomic E-state index is 13.2. The molecule has 0 saturated carbocycles. The van der Waals surface area contributed by atoms with Crippen molar-refractivity contribution in [1.82, 2.24) is 9.80 Å². The van der Waals surface area contributed by atoms with E-state index in [1.54, 1.807) is 18.2 Å². The lowest BCUT2D eigenvalue weighted by Crippen LogP contribution is -2.51. The standard InChI is InChI=1S/C19H24FN3O2/c20-15-4-1-3-14(13-15)6-7-18(24)22-11-8-16(9-12-22)23-10-2-5-17(23)19(21)25/h1,3-4,6-7,13,16-17H,2,5,8-12H2,(H2,21,25)/b7-6+. The van der Waals surface area contributed by atoms with Crippen LogP contribution in [0.1, 0.15) is 31.2 Å². The lowest BCUT2D eigenvalue weighted by atomic mass is 10.0. The van der Waals surface area contributed by atoms with Gasteiger partial charge in [-0.1, -0.05) is 12.1 Å². The number of hydrogen-bond donors (Lipinski definition) is 1. The lowest BCUT2D eigenvalue weighted by molar-refractivity contribution is -0.129. The number of halogens is 1. The zero-order chi connectivity index (χ0) is 17.8. The van der Waals surface area contributed by atoms with E-state index in [4.69, 9.17) is 5.73 Å². The molecule has 1 atom stereocenters. The van der Waals surface area contributed by atoms with Crippen molar-refractivity contribution < 1.29 is 14.0 Å². The first-order valence-corrected chi connectivity index (χ1v) is 8.82. The van der Waals surface area contributed by atoms with Gasteiger partial charge in [0.1, 0.15) is 5.82 Å². The highest BCUT2D eigenvalue weighted by Gasteiger charge is 2.35. The van der Waals surface area contributed by atoms with Crippen molar-refractivity contribution in [2.45, 2.75) is 37.8 Å².